The molecule has 1 saturated heterocycles. The molecule has 1 fully saturated rings. The maximum absolute atomic E-state index is 12.6. The summed E-state index contributed by atoms with van der Waals surface area (Å²) in [7, 11) is 0. The Kier molecular flexibility index (Phi) is 3.69. The zero-order valence-corrected chi connectivity index (χ0v) is 10.4. The van der Waals surface area contributed by atoms with E-state index in [1.807, 2.05) is 0 Å². The Morgan fingerprint density at radius 1 is 1.30 bits per heavy atom. The highest BCUT2D eigenvalue weighted by Crippen LogP contribution is 2.30. The van der Waals surface area contributed by atoms with E-state index >= 15 is 0 Å². The van der Waals surface area contributed by atoms with Crippen LogP contribution in [0.25, 0.3) is 0 Å². The van der Waals surface area contributed by atoms with Crippen LogP contribution in [0.3, 0.4) is 0 Å². The lowest BCUT2D eigenvalue weighted by molar-refractivity contribution is -0.141. The molecule has 0 bridgehead atoms. The fourth-order valence-electron chi connectivity index (χ4n) is 2.16. The van der Waals surface area contributed by atoms with E-state index in [4.69, 9.17) is 5.11 Å². The number of nitrogens with zero attached hydrogens (tertiary/aromatic N) is 1. The third-order valence-corrected chi connectivity index (χ3v) is 3.26. The predicted molar refractivity (Wildman–Crippen MR) is 63.1 cm³/mol. The fourth-order valence-corrected chi connectivity index (χ4v) is 2.16. The third-order valence-electron chi connectivity index (χ3n) is 3.26. The number of likely N-dealkylation sites (tertiary alicyclic amines) is 1. The van der Waals surface area contributed by atoms with Crippen LogP contribution in [0.4, 0.5) is 13.2 Å². The Hall–Kier alpha value is -2.05. The van der Waals surface area contributed by atoms with Crippen LogP contribution in [0.5, 0.6) is 0 Å². The van der Waals surface area contributed by atoms with E-state index in [1.54, 1.807) is 0 Å². The van der Waals surface area contributed by atoms with Gasteiger partial charge in [0.2, 0.25) is 0 Å². The van der Waals surface area contributed by atoms with E-state index in [1.165, 1.54) is 17.0 Å². The van der Waals surface area contributed by atoms with E-state index < -0.39 is 29.5 Å². The van der Waals surface area contributed by atoms with E-state index in [0.717, 1.165) is 12.1 Å². The molecule has 2 rings (SSSR count). The first kappa shape index (κ1) is 14.4. The van der Waals surface area contributed by atoms with Gasteiger partial charge >= 0.3 is 12.1 Å². The number of amides is 1. The number of hydrogen-bond donors (Lipinski definition) is 1. The Bertz CT molecular complexity index is 542. The van der Waals surface area contributed by atoms with E-state index in [-0.39, 0.29) is 18.7 Å². The lowest BCUT2D eigenvalue weighted by Gasteiger charge is -2.16. The second-order valence-corrected chi connectivity index (χ2v) is 4.65. The van der Waals surface area contributed by atoms with Crippen molar-refractivity contribution in [3.8, 4) is 0 Å². The Morgan fingerprint density at radius 2 is 2.00 bits per heavy atom. The van der Waals surface area contributed by atoms with E-state index in [9.17, 15) is 22.8 Å². The van der Waals surface area contributed by atoms with Crippen molar-refractivity contribution >= 4 is 11.9 Å². The Labute approximate surface area is 112 Å². The first-order valence-corrected chi connectivity index (χ1v) is 5.98. The molecule has 1 aromatic carbocycles. The highest BCUT2D eigenvalue weighted by Gasteiger charge is 2.33. The van der Waals surface area contributed by atoms with Crippen LogP contribution < -0.4 is 0 Å². The molecule has 1 aromatic rings. The highest BCUT2D eigenvalue weighted by molar-refractivity contribution is 5.95. The number of carbonyl (C=O) groups is 2. The molecule has 0 aliphatic carbocycles. The van der Waals surface area contributed by atoms with Gasteiger partial charge < -0.3 is 10.0 Å². The second kappa shape index (κ2) is 5.15. The quantitative estimate of drug-likeness (QED) is 0.907. The molecular weight excluding hydrogens is 275 g/mol. The molecule has 1 aliphatic rings. The molecule has 1 heterocycles. The number of benzene rings is 1. The molecule has 0 radical (unpaired) electrons. The molecule has 108 valence electrons. The van der Waals surface area contributed by atoms with Crippen molar-refractivity contribution in [2.24, 2.45) is 5.92 Å². The smallest absolute Gasteiger partial charge is 0.416 e. The van der Waals surface area contributed by atoms with E-state index in [0.29, 0.717) is 6.42 Å². The Morgan fingerprint density at radius 3 is 2.55 bits per heavy atom. The van der Waals surface area contributed by atoms with Gasteiger partial charge in [-0.15, -0.1) is 0 Å². The molecule has 0 unspecified atom stereocenters. The van der Waals surface area contributed by atoms with Crippen molar-refractivity contribution in [3.05, 3.63) is 35.4 Å². The lowest BCUT2D eigenvalue weighted by atomic mass is 10.1. The van der Waals surface area contributed by atoms with E-state index in [2.05, 4.69) is 0 Å². The fraction of sp³-hybridized carbons (Fsp3) is 0.385. The number of alkyl halides is 3. The molecule has 0 spiro atoms. The summed E-state index contributed by atoms with van der Waals surface area (Å²) in [5, 5.41) is 8.85. The number of rotatable bonds is 2. The van der Waals surface area contributed by atoms with Crippen LogP contribution in [0, 0.1) is 5.92 Å². The van der Waals surface area contributed by atoms with Crippen molar-refractivity contribution in [3.63, 3.8) is 0 Å². The van der Waals surface area contributed by atoms with Crippen LogP contribution in [0.15, 0.2) is 24.3 Å². The minimum absolute atomic E-state index is 0.0322. The number of aliphatic carboxylic acids is 1. The third kappa shape index (κ3) is 2.92. The normalized spacial score (nSPS) is 19.1. The van der Waals surface area contributed by atoms with Gasteiger partial charge in [-0.3, -0.25) is 9.59 Å². The van der Waals surface area contributed by atoms with Crippen molar-refractivity contribution < 1.29 is 27.9 Å². The average molecular weight is 287 g/mol. The van der Waals surface area contributed by atoms with Crippen molar-refractivity contribution in [2.75, 3.05) is 13.1 Å². The van der Waals surface area contributed by atoms with Crippen molar-refractivity contribution in [1.82, 2.24) is 4.90 Å². The lowest BCUT2D eigenvalue weighted by Crippen LogP contribution is -2.30. The molecule has 1 atom stereocenters. The van der Waals surface area contributed by atoms with Crippen LogP contribution >= 0.6 is 0 Å². The van der Waals surface area contributed by atoms with Gasteiger partial charge in [-0.1, -0.05) is 6.07 Å². The first-order chi connectivity index (χ1) is 9.29. The van der Waals surface area contributed by atoms with Crippen LogP contribution in [0.1, 0.15) is 22.3 Å². The monoisotopic (exact) mass is 287 g/mol. The molecular formula is C13H12F3NO3. The number of carboxylic acids is 1. The summed E-state index contributed by atoms with van der Waals surface area (Å²) in [6, 6.07) is 4.14. The second-order valence-electron chi connectivity index (χ2n) is 4.65. The van der Waals surface area contributed by atoms with Crippen LogP contribution in [-0.2, 0) is 11.0 Å². The molecule has 1 amide bonds. The average Bonchev–Trinajstić information content (AvgIpc) is 2.87. The minimum atomic E-state index is -4.51. The SMILES string of the molecule is O=C(O)[C@@H]1CCN(C(=O)c2cccc(C(F)(F)F)c2)C1. The number of carbonyl (C=O) groups excluding carboxylic acids is 1. The largest absolute Gasteiger partial charge is 0.481 e. The topological polar surface area (TPSA) is 57.6 Å². The summed E-state index contributed by atoms with van der Waals surface area (Å²) < 4.78 is 37.7. The molecule has 20 heavy (non-hydrogen) atoms. The zero-order valence-electron chi connectivity index (χ0n) is 10.4. The molecule has 0 aromatic heterocycles. The Balaban J connectivity index is 2.16. The summed E-state index contributed by atoms with van der Waals surface area (Å²) in [5.74, 6) is -2.21. The maximum atomic E-state index is 12.6. The highest BCUT2D eigenvalue weighted by atomic mass is 19.4. The zero-order chi connectivity index (χ0) is 14.9. The molecule has 0 saturated carbocycles. The summed E-state index contributed by atoms with van der Waals surface area (Å²) >= 11 is 0. The predicted octanol–water partition coefficient (Wildman–Crippen LogP) is 2.25. The van der Waals surface area contributed by atoms with Crippen LogP contribution in [-0.4, -0.2) is 35.0 Å². The summed E-state index contributed by atoms with van der Waals surface area (Å²) in [4.78, 5) is 24.1. The number of halogens is 3. The van der Waals surface area contributed by atoms with Gasteiger partial charge in [0.05, 0.1) is 11.5 Å². The summed E-state index contributed by atoms with van der Waals surface area (Å²) in [6.07, 6.45) is -4.19. The van der Waals surface area contributed by atoms with Crippen LogP contribution in [0.2, 0.25) is 0 Å². The molecule has 7 heteroatoms. The maximum Gasteiger partial charge on any atom is 0.416 e. The molecule has 1 N–H and O–H groups in total. The van der Waals surface area contributed by atoms with Gasteiger partial charge in [-0.2, -0.15) is 13.2 Å². The first-order valence-electron chi connectivity index (χ1n) is 5.98. The van der Waals surface area contributed by atoms with Gasteiger partial charge in [0.15, 0.2) is 0 Å². The number of hydrogen-bond acceptors (Lipinski definition) is 2. The van der Waals surface area contributed by atoms with Gasteiger partial charge in [-0.05, 0) is 24.6 Å². The van der Waals surface area contributed by atoms with Crippen molar-refractivity contribution in [1.29, 1.82) is 0 Å². The summed E-state index contributed by atoms with van der Waals surface area (Å²) in [6.45, 7) is 0.274. The standard InChI is InChI=1S/C13H12F3NO3/c14-13(15,16)10-3-1-2-8(6-10)11(18)17-5-4-9(7-17)12(19)20/h1-3,6,9H,4-5,7H2,(H,19,20)/t9-/m1/s1. The van der Waals surface area contributed by atoms with Gasteiger partial charge in [0.25, 0.3) is 5.91 Å². The molecule has 4 nitrogen and oxygen atoms in total. The van der Waals surface area contributed by atoms with Gasteiger partial charge in [0.1, 0.15) is 0 Å². The minimum Gasteiger partial charge on any atom is -0.481 e. The number of carboxylic acid groups (broad SMARTS) is 1. The van der Waals surface area contributed by atoms with Gasteiger partial charge in [0, 0.05) is 18.7 Å². The van der Waals surface area contributed by atoms with Gasteiger partial charge in [-0.25, -0.2) is 0 Å². The molecule has 1 aliphatic heterocycles. The summed E-state index contributed by atoms with van der Waals surface area (Å²) in [5.41, 5.74) is -0.969. The van der Waals surface area contributed by atoms with Crippen molar-refractivity contribution in [2.45, 2.75) is 12.6 Å².